The van der Waals surface area contributed by atoms with Gasteiger partial charge in [-0.15, -0.1) is 0 Å². The third-order valence-corrected chi connectivity index (χ3v) is 5.78. The van der Waals surface area contributed by atoms with Gasteiger partial charge < -0.3 is 19.9 Å². The van der Waals surface area contributed by atoms with Crippen molar-refractivity contribution in [3.05, 3.63) is 86.2 Å². The fraction of sp³-hybridized carbons (Fsp3) is 0.333. The summed E-state index contributed by atoms with van der Waals surface area (Å²) in [6, 6.07) is 7.83. The lowest BCUT2D eigenvalue weighted by Crippen LogP contribution is -2.51. The number of rotatable bonds is 8. The number of nitrogens with zero attached hydrogens (tertiary/aromatic N) is 2. The number of hydrogen-bond acceptors (Lipinski definition) is 6. The average Bonchev–Trinajstić information content (AvgIpc) is 2.84. The summed E-state index contributed by atoms with van der Waals surface area (Å²) in [7, 11) is 1.42. The molecule has 1 aromatic heterocycles. The molecule has 0 unspecified atom stereocenters. The zero-order valence-electron chi connectivity index (χ0n) is 22.1. The highest BCUT2D eigenvalue weighted by Gasteiger charge is 2.28. The molecular formula is C27H29F2N3O7. The summed E-state index contributed by atoms with van der Waals surface area (Å²) in [5.41, 5.74) is -2.87. The van der Waals surface area contributed by atoms with Crippen molar-refractivity contribution in [1.82, 2.24) is 14.5 Å². The van der Waals surface area contributed by atoms with Gasteiger partial charge in [-0.25, -0.2) is 23.2 Å². The van der Waals surface area contributed by atoms with Gasteiger partial charge in [-0.05, 0) is 57.5 Å². The molecule has 0 aliphatic heterocycles. The van der Waals surface area contributed by atoms with Crippen LogP contribution in [0.1, 0.15) is 32.0 Å². The van der Waals surface area contributed by atoms with E-state index in [1.165, 1.54) is 26.2 Å². The molecule has 0 radical (unpaired) electrons. The number of benzene rings is 2. The molecule has 10 nitrogen and oxygen atoms in total. The predicted molar refractivity (Wildman–Crippen MR) is 138 cm³/mol. The third-order valence-electron chi connectivity index (χ3n) is 5.78. The number of carbonyl (C=O) groups is 2. The largest absolute Gasteiger partial charge is 0.497 e. The Morgan fingerprint density at radius 3 is 2.23 bits per heavy atom. The maximum atomic E-state index is 14.5. The number of ether oxygens (including phenoxy) is 2. The summed E-state index contributed by atoms with van der Waals surface area (Å²) in [5, 5.41) is 11.9. The van der Waals surface area contributed by atoms with Gasteiger partial charge in [-0.1, -0.05) is 18.2 Å². The second-order valence-electron chi connectivity index (χ2n) is 9.71. The van der Waals surface area contributed by atoms with Gasteiger partial charge in [-0.2, -0.15) is 0 Å². The van der Waals surface area contributed by atoms with Crippen molar-refractivity contribution in [3.63, 3.8) is 0 Å². The van der Waals surface area contributed by atoms with Crippen molar-refractivity contribution in [2.75, 3.05) is 7.11 Å². The van der Waals surface area contributed by atoms with Crippen molar-refractivity contribution in [2.45, 2.75) is 52.4 Å². The summed E-state index contributed by atoms with van der Waals surface area (Å²) in [4.78, 5) is 51.4. The van der Waals surface area contributed by atoms with Crippen LogP contribution in [-0.2, 0) is 22.6 Å². The van der Waals surface area contributed by atoms with E-state index in [1.54, 1.807) is 39.0 Å². The molecule has 1 atom stereocenters. The van der Waals surface area contributed by atoms with Gasteiger partial charge in [0.05, 0.1) is 25.8 Å². The Hall–Kier alpha value is -4.48. The Labute approximate surface area is 222 Å². The lowest BCUT2D eigenvalue weighted by molar-refractivity contribution is -0.139. The molecule has 0 aliphatic carbocycles. The number of hydrogen-bond donors (Lipinski definition) is 2. The van der Waals surface area contributed by atoms with Crippen LogP contribution in [0.3, 0.4) is 0 Å². The Balaban J connectivity index is 2.23. The number of aliphatic carboxylic acids is 1. The first-order valence-electron chi connectivity index (χ1n) is 11.9. The molecule has 0 saturated carbocycles. The molecule has 1 amide bonds. The first-order chi connectivity index (χ1) is 18.2. The second kappa shape index (κ2) is 11.5. The fourth-order valence-electron chi connectivity index (χ4n) is 3.92. The molecule has 1 heterocycles. The molecule has 3 rings (SSSR count). The average molecular weight is 546 g/mol. The Kier molecular flexibility index (Phi) is 8.58. The normalized spacial score (nSPS) is 12.1. The number of methoxy groups -OCH3 is 1. The first-order valence-corrected chi connectivity index (χ1v) is 11.9. The predicted octanol–water partition coefficient (Wildman–Crippen LogP) is 3.30. The summed E-state index contributed by atoms with van der Waals surface area (Å²) < 4.78 is 41.0. The van der Waals surface area contributed by atoms with Gasteiger partial charge in [-0.3, -0.25) is 13.9 Å². The molecule has 0 spiro atoms. The third kappa shape index (κ3) is 6.70. The van der Waals surface area contributed by atoms with Crippen LogP contribution in [-0.4, -0.2) is 45.1 Å². The molecule has 0 fully saturated rings. The van der Waals surface area contributed by atoms with E-state index < -0.39 is 65.2 Å². The molecule has 3 aromatic rings. The number of amides is 1. The van der Waals surface area contributed by atoms with Crippen LogP contribution >= 0.6 is 0 Å². The molecule has 2 N–H and O–H groups in total. The number of nitrogens with one attached hydrogen (secondary N) is 1. The second-order valence-corrected chi connectivity index (χ2v) is 9.71. The van der Waals surface area contributed by atoms with E-state index in [9.17, 15) is 33.1 Å². The number of carboxylic acid groups (broad SMARTS) is 1. The minimum absolute atomic E-state index is 0.0216. The van der Waals surface area contributed by atoms with Gasteiger partial charge >= 0.3 is 17.8 Å². The van der Waals surface area contributed by atoms with Crippen LogP contribution in [0, 0.1) is 18.6 Å². The van der Waals surface area contributed by atoms with Crippen LogP contribution in [0.15, 0.2) is 52.1 Å². The van der Waals surface area contributed by atoms with Crippen molar-refractivity contribution < 1.29 is 33.0 Å². The van der Waals surface area contributed by atoms with Crippen LogP contribution in [0.5, 0.6) is 5.75 Å². The van der Waals surface area contributed by atoms with Crippen molar-refractivity contribution in [3.8, 4) is 16.9 Å². The monoisotopic (exact) mass is 545 g/mol. The fourth-order valence-corrected chi connectivity index (χ4v) is 3.92. The maximum absolute atomic E-state index is 14.5. The molecular weight excluding hydrogens is 516 g/mol. The minimum atomic E-state index is -1.75. The number of carboxylic acids is 1. The number of alkyl carbamates (subject to hydrolysis) is 1. The molecule has 0 aliphatic rings. The summed E-state index contributed by atoms with van der Waals surface area (Å²) in [6.45, 7) is 4.80. The molecule has 12 heteroatoms. The van der Waals surface area contributed by atoms with E-state index in [2.05, 4.69) is 5.32 Å². The number of halogens is 2. The SMILES string of the molecule is COc1cccc(-c2c(C)n(Cc3c(F)cccc3F)c(=O)n(C[C@H](NC(=O)OC(C)(C)C)C(=O)O)c2=O)c1. The van der Waals surface area contributed by atoms with Crippen LogP contribution in [0.2, 0.25) is 0 Å². The van der Waals surface area contributed by atoms with Gasteiger partial charge in [0.2, 0.25) is 0 Å². The highest BCUT2D eigenvalue weighted by molar-refractivity contribution is 5.80. The Morgan fingerprint density at radius 1 is 1.05 bits per heavy atom. The Bertz CT molecular complexity index is 1500. The Morgan fingerprint density at radius 2 is 1.67 bits per heavy atom. The van der Waals surface area contributed by atoms with Gasteiger partial charge in [0.25, 0.3) is 5.56 Å². The van der Waals surface area contributed by atoms with Crippen LogP contribution in [0.4, 0.5) is 13.6 Å². The molecule has 2 aromatic carbocycles. The van der Waals surface area contributed by atoms with E-state index in [0.29, 0.717) is 15.9 Å². The minimum Gasteiger partial charge on any atom is -0.497 e. The summed E-state index contributed by atoms with van der Waals surface area (Å²) in [5.74, 6) is -2.96. The van der Waals surface area contributed by atoms with E-state index >= 15 is 0 Å². The highest BCUT2D eigenvalue weighted by atomic mass is 19.1. The molecule has 0 saturated heterocycles. The topological polar surface area (TPSA) is 129 Å². The summed E-state index contributed by atoms with van der Waals surface area (Å²) >= 11 is 0. The van der Waals surface area contributed by atoms with Gasteiger partial charge in [0, 0.05) is 11.3 Å². The maximum Gasteiger partial charge on any atom is 0.408 e. The zero-order valence-corrected chi connectivity index (χ0v) is 22.1. The van der Waals surface area contributed by atoms with E-state index in [1.807, 2.05) is 0 Å². The van der Waals surface area contributed by atoms with E-state index in [-0.39, 0.29) is 11.3 Å². The quantitative estimate of drug-likeness (QED) is 0.444. The first kappa shape index (κ1) is 29.1. The highest BCUT2D eigenvalue weighted by Crippen LogP contribution is 2.24. The van der Waals surface area contributed by atoms with Crippen LogP contribution in [0.25, 0.3) is 11.1 Å². The van der Waals surface area contributed by atoms with Gasteiger partial charge in [0.15, 0.2) is 0 Å². The molecule has 0 bridgehead atoms. The van der Waals surface area contributed by atoms with E-state index in [0.717, 1.165) is 16.7 Å². The molecule has 208 valence electrons. The number of aromatic nitrogens is 2. The van der Waals surface area contributed by atoms with Gasteiger partial charge in [0.1, 0.15) is 29.0 Å². The van der Waals surface area contributed by atoms with Crippen molar-refractivity contribution in [1.29, 1.82) is 0 Å². The zero-order chi connectivity index (χ0) is 29.1. The standard InChI is InChI=1S/C27H29F2N3O7/c1-15-22(16-8-6-9-17(12-16)38-5)23(33)32(14-21(24(34)35)30-25(36)39-27(2,3)4)26(37)31(15)13-18-19(28)10-7-11-20(18)29/h6-12,21H,13-14H2,1-5H3,(H,30,36)(H,34,35)/t21-/m0/s1. The smallest absolute Gasteiger partial charge is 0.408 e. The van der Waals surface area contributed by atoms with Crippen molar-refractivity contribution in [2.24, 2.45) is 0 Å². The lowest BCUT2D eigenvalue weighted by Gasteiger charge is -2.23. The lowest BCUT2D eigenvalue weighted by atomic mass is 10.0. The van der Waals surface area contributed by atoms with Crippen LogP contribution < -0.4 is 21.3 Å². The number of carbonyl (C=O) groups excluding carboxylic acids is 1. The molecule has 39 heavy (non-hydrogen) atoms. The summed E-state index contributed by atoms with van der Waals surface area (Å²) in [6.07, 6.45) is -1.07. The van der Waals surface area contributed by atoms with E-state index in [4.69, 9.17) is 9.47 Å². The van der Waals surface area contributed by atoms with Crippen molar-refractivity contribution >= 4 is 12.1 Å².